The van der Waals surface area contributed by atoms with Crippen LogP contribution in [0.25, 0.3) is 11.4 Å². The molecule has 1 aliphatic rings. The lowest BCUT2D eigenvalue weighted by Crippen LogP contribution is -2.20. The average Bonchev–Trinajstić information content (AvgIpc) is 3.24. The van der Waals surface area contributed by atoms with E-state index in [2.05, 4.69) is 25.3 Å². The maximum atomic E-state index is 13.0. The highest BCUT2D eigenvalue weighted by atomic mass is 35.5. The first kappa shape index (κ1) is 22.5. The van der Waals surface area contributed by atoms with Crippen LogP contribution in [-0.4, -0.2) is 32.6 Å². The van der Waals surface area contributed by atoms with E-state index in [1.54, 1.807) is 12.1 Å². The second-order valence-corrected chi connectivity index (χ2v) is 8.99. The first-order valence-electron chi connectivity index (χ1n) is 10.5. The van der Waals surface area contributed by atoms with E-state index in [9.17, 15) is 9.18 Å². The van der Waals surface area contributed by atoms with E-state index in [-0.39, 0.29) is 17.5 Å². The van der Waals surface area contributed by atoms with E-state index in [0.29, 0.717) is 16.6 Å². The molecule has 1 aromatic heterocycles. The minimum Gasteiger partial charge on any atom is -0.299 e. The van der Waals surface area contributed by atoms with Gasteiger partial charge in [0.05, 0.1) is 12.0 Å². The van der Waals surface area contributed by atoms with Gasteiger partial charge in [-0.25, -0.2) is 9.82 Å². The van der Waals surface area contributed by atoms with Crippen LogP contribution in [0.2, 0.25) is 5.02 Å². The molecule has 1 aliphatic carbocycles. The molecule has 2 aromatic carbocycles. The summed E-state index contributed by atoms with van der Waals surface area (Å²) < 4.78 is 15.1. The molecule has 1 fully saturated rings. The minimum atomic E-state index is -0.317. The number of nitrogens with one attached hydrogen (secondary N) is 1. The Labute approximate surface area is 195 Å². The molecule has 1 amide bonds. The van der Waals surface area contributed by atoms with Gasteiger partial charge >= 0.3 is 0 Å². The van der Waals surface area contributed by atoms with Crippen LogP contribution in [0.4, 0.5) is 4.39 Å². The molecule has 0 unspecified atom stereocenters. The number of amides is 1. The van der Waals surface area contributed by atoms with Crippen LogP contribution < -0.4 is 5.43 Å². The van der Waals surface area contributed by atoms with Crippen LogP contribution in [-0.2, 0) is 4.79 Å². The van der Waals surface area contributed by atoms with Gasteiger partial charge in [-0.1, -0.05) is 54.8 Å². The SMILES string of the molecule is O=C(CSc1nnc(-c2ccc(Cl)cc2)n1C1CCCCC1)N/N=C/c1ccc(F)cc1. The third-order valence-electron chi connectivity index (χ3n) is 5.31. The summed E-state index contributed by atoms with van der Waals surface area (Å²) in [5.74, 6) is 0.389. The van der Waals surface area contributed by atoms with Crippen molar-refractivity contribution in [3.8, 4) is 11.4 Å². The lowest BCUT2D eigenvalue weighted by atomic mass is 9.95. The van der Waals surface area contributed by atoms with E-state index in [1.807, 2.05) is 24.3 Å². The van der Waals surface area contributed by atoms with Gasteiger partial charge in [-0.3, -0.25) is 9.36 Å². The lowest BCUT2D eigenvalue weighted by molar-refractivity contribution is -0.118. The predicted octanol–water partition coefficient (Wildman–Crippen LogP) is 5.49. The summed E-state index contributed by atoms with van der Waals surface area (Å²) in [5.41, 5.74) is 4.15. The molecule has 1 saturated carbocycles. The van der Waals surface area contributed by atoms with Crippen molar-refractivity contribution in [3.05, 3.63) is 64.9 Å². The number of carbonyl (C=O) groups excluding carboxylic acids is 1. The number of nitrogens with zero attached hydrogens (tertiary/aromatic N) is 4. The third kappa shape index (κ3) is 5.75. The Morgan fingerprint density at radius 2 is 1.84 bits per heavy atom. The fourth-order valence-corrected chi connectivity index (χ4v) is 4.65. The normalized spacial score (nSPS) is 14.7. The Balaban J connectivity index is 1.44. The van der Waals surface area contributed by atoms with Gasteiger partial charge in [-0.2, -0.15) is 5.10 Å². The summed E-state index contributed by atoms with van der Waals surface area (Å²) in [7, 11) is 0. The van der Waals surface area contributed by atoms with Gasteiger partial charge in [0, 0.05) is 16.6 Å². The molecule has 166 valence electrons. The smallest absolute Gasteiger partial charge is 0.250 e. The highest BCUT2D eigenvalue weighted by molar-refractivity contribution is 7.99. The summed E-state index contributed by atoms with van der Waals surface area (Å²) in [6, 6.07) is 13.7. The number of hydrazone groups is 1. The second kappa shape index (κ2) is 10.7. The summed E-state index contributed by atoms with van der Waals surface area (Å²) in [6.45, 7) is 0. The molecule has 6 nitrogen and oxygen atoms in total. The molecule has 1 N–H and O–H groups in total. The number of carbonyl (C=O) groups is 1. The highest BCUT2D eigenvalue weighted by Crippen LogP contribution is 2.35. The van der Waals surface area contributed by atoms with Crippen molar-refractivity contribution in [1.82, 2.24) is 20.2 Å². The molecule has 1 heterocycles. The fraction of sp³-hybridized carbons (Fsp3) is 0.304. The van der Waals surface area contributed by atoms with E-state index in [1.165, 1.54) is 49.4 Å². The zero-order chi connectivity index (χ0) is 22.3. The molecule has 0 atom stereocenters. The Hall–Kier alpha value is -2.71. The zero-order valence-electron chi connectivity index (χ0n) is 17.4. The second-order valence-electron chi connectivity index (χ2n) is 7.61. The summed E-state index contributed by atoms with van der Waals surface area (Å²) in [5, 5.41) is 14.2. The summed E-state index contributed by atoms with van der Waals surface area (Å²) in [6.07, 6.45) is 7.20. The largest absolute Gasteiger partial charge is 0.299 e. The molecule has 0 spiro atoms. The quantitative estimate of drug-likeness (QED) is 0.281. The van der Waals surface area contributed by atoms with Crippen molar-refractivity contribution >= 4 is 35.5 Å². The maximum Gasteiger partial charge on any atom is 0.250 e. The van der Waals surface area contributed by atoms with Gasteiger partial charge in [0.15, 0.2) is 11.0 Å². The van der Waals surface area contributed by atoms with Crippen molar-refractivity contribution in [2.24, 2.45) is 5.10 Å². The Morgan fingerprint density at radius 3 is 2.56 bits per heavy atom. The Kier molecular flexibility index (Phi) is 7.55. The number of thioether (sulfide) groups is 1. The molecule has 3 aromatic rings. The van der Waals surface area contributed by atoms with Crippen molar-refractivity contribution in [3.63, 3.8) is 0 Å². The fourth-order valence-electron chi connectivity index (χ4n) is 3.73. The van der Waals surface area contributed by atoms with Crippen molar-refractivity contribution < 1.29 is 9.18 Å². The van der Waals surface area contributed by atoms with Crippen molar-refractivity contribution in [2.75, 3.05) is 5.75 Å². The monoisotopic (exact) mass is 471 g/mol. The number of benzene rings is 2. The average molecular weight is 472 g/mol. The van der Waals surface area contributed by atoms with Crippen molar-refractivity contribution in [1.29, 1.82) is 0 Å². The number of aromatic nitrogens is 3. The van der Waals surface area contributed by atoms with Crippen LogP contribution >= 0.6 is 23.4 Å². The van der Waals surface area contributed by atoms with Crippen LogP contribution in [0.5, 0.6) is 0 Å². The topological polar surface area (TPSA) is 72.2 Å². The Morgan fingerprint density at radius 1 is 1.12 bits per heavy atom. The van der Waals surface area contributed by atoms with Gasteiger partial charge in [-0.15, -0.1) is 10.2 Å². The number of hydrogen-bond donors (Lipinski definition) is 1. The zero-order valence-corrected chi connectivity index (χ0v) is 18.9. The third-order valence-corrected chi connectivity index (χ3v) is 6.51. The molecular formula is C23H23ClFN5OS. The number of hydrogen-bond acceptors (Lipinski definition) is 5. The molecule has 9 heteroatoms. The van der Waals surface area contributed by atoms with Crippen LogP contribution in [0.3, 0.4) is 0 Å². The maximum absolute atomic E-state index is 13.0. The van der Waals surface area contributed by atoms with E-state index < -0.39 is 0 Å². The van der Waals surface area contributed by atoms with E-state index in [0.717, 1.165) is 29.4 Å². The van der Waals surface area contributed by atoms with Crippen molar-refractivity contribution in [2.45, 2.75) is 43.3 Å². The summed E-state index contributed by atoms with van der Waals surface area (Å²) >= 11 is 7.39. The molecule has 0 aliphatic heterocycles. The number of halogens is 2. The number of rotatable bonds is 7. The molecule has 4 rings (SSSR count). The first-order chi connectivity index (χ1) is 15.6. The van der Waals surface area contributed by atoms with Crippen LogP contribution in [0, 0.1) is 5.82 Å². The van der Waals surface area contributed by atoms with E-state index >= 15 is 0 Å². The van der Waals surface area contributed by atoms with Gasteiger partial charge in [0.1, 0.15) is 5.82 Å². The molecule has 0 radical (unpaired) electrons. The van der Waals surface area contributed by atoms with Gasteiger partial charge in [-0.05, 0) is 54.8 Å². The highest BCUT2D eigenvalue weighted by Gasteiger charge is 2.24. The lowest BCUT2D eigenvalue weighted by Gasteiger charge is -2.25. The molecule has 0 bridgehead atoms. The minimum absolute atomic E-state index is 0.159. The summed E-state index contributed by atoms with van der Waals surface area (Å²) in [4.78, 5) is 12.3. The predicted molar refractivity (Wildman–Crippen MR) is 125 cm³/mol. The standard InChI is InChI=1S/C23H23ClFN5OS/c24-18-10-8-17(9-11-18)22-28-29-23(30(22)20-4-2-1-3-5-20)32-15-21(31)27-26-14-16-6-12-19(25)13-7-16/h6-14,20H,1-5,15H2,(H,27,31)/b26-14+. The molecule has 0 saturated heterocycles. The van der Waals surface area contributed by atoms with E-state index in [4.69, 9.17) is 11.6 Å². The van der Waals surface area contributed by atoms with Crippen LogP contribution in [0.1, 0.15) is 43.7 Å². The van der Waals surface area contributed by atoms with Crippen LogP contribution in [0.15, 0.2) is 58.8 Å². The van der Waals surface area contributed by atoms with Gasteiger partial charge in [0.2, 0.25) is 0 Å². The van der Waals surface area contributed by atoms with Gasteiger partial charge in [0.25, 0.3) is 5.91 Å². The first-order valence-corrected chi connectivity index (χ1v) is 11.9. The molecule has 32 heavy (non-hydrogen) atoms. The van der Waals surface area contributed by atoms with Gasteiger partial charge < -0.3 is 0 Å². The Bertz CT molecular complexity index is 1080. The molecular weight excluding hydrogens is 449 g/mol.